The lowest BCUT2D eigenvalue weighted by molar-refractivity contribution is 0.0410. The number of morpholine rings is 1. The number of carbonyl (C=O) groups excluding carboxylic acids is 1. The molecule has 6 heteroatoms. The van der Waals surface area contributed by atoms with E-state index in [1.807, 2.05) is 62.4 Å². The van der Waals surface area contributed by atoms with Crippen LogP contribution in [0.15, 0.2) is 53.4 Å². The van der Waals surface area contributed by atoms with E-state index in [1.54, 1.807) is 11.8 Å². The van der Waals surface area contributed by atoms with E-state index in [-0.39, 0.29) is 11.7 Å². The number of hydrogen-bond donors (Lipinski definition) is 2. The summed E-state index contributed by atoms with van der Waals surface area (Å²) in [4.78, 5) is 16.5. The number of nitrogens with zero attached hydrogens (tertiary/aromatic N) is 1. The molecule has 3 aromatic carbocycles. The number of amides is 1. The summed E-state index contributed by atoms with van der Waals surface area (Å²) in [5.41, 5.74) is 3.12. The number of thioether (sulfide) groups is 1. The van der Waals surface area contributed by atoms with Gasteiger partial charge in [0, 0.05) is 41.4 Å². The number of carbonyl (C=O) groups is 1. The summed E-state index contributed by atoms with van der Waals surface area (Å²) in [6, 6.07) is 15.5. The smallest absolute Gasteiger partial charge is 0.259 e. The molecule has 0 bridgehead atoms. The van der Waals surface area contributed by atoms with E-state index in [0.717, 1.165) is 65.7 Å². The third-order valence-electron chi connectivity index (χ3n) is 5.63. The molecule has 1 aliphatic heterocycles. The molecular weight excluding hydrogens is 408 g/mol. The maximum Gasteiger partial charge on any atom is 0.259 e. The molecule has 1 aliphatic rings. The zero-order chi connectivity index (χ0) is 21.8. The number of ether oxygens (including phenoxy) is 1. The highest BCUT2D eigenvalue weighted by atomic mass is 32.2. The highest BCUT2D eigenvalue weighted by Gasteiger charge is 2.19. The maximum atomic E-state index is 13.1. The van der Waals surface area contributed by atoms with Gasteiger partial charge in [-0.2, -0.15) is 0 Å². The molecule has 1 saturated heterocycles. The Morgan fingerprint density at radius 3 is 2.61 bits per heavy atom. The van der Waals surface area contributed by atoms with Gasteiger partial charge in [-0.1, -0.05) is 36.4 Å². The lowest BCUT2D eigenvalue weighted by atomic mass is 10.0. The van der Waals surface area contributed by atoms with E-state index in [2.05, 4.69) is 10.2 Å². The number of anilines is 1. The molecule has 2 N–H and O–H groups in total. The topological polar surface area (TPSA) is 61.8 Å². The molecule has 3 aromatic rings. The van der Waals surface area contributed by atoms with Crippen molar-refractivity contribution in [3.05, 3.63) is 65.2 Å². The van der Waals surface area contributed by atoms with E-state index in [4.69, 9.17) is 4.74 Å². The number of nitrogens with one attached hydrogen (secondary N) is 1. The van der Waals surface area contributed by atoms with E-state index < -0.39 is 0 Å². The van der Waals surface area contributed by atoms with Crippen molar-refractivity contribution < 1.29 is 14.6 Å². The van der Waals surface area contributed by atoms with E-state index >= 15 is 0 Å². The SMILES string of the molecule is Cc1ccc(C)c(NC(=O)c2cc(SCCN3CCOCC3)c3ccccc3c2O)c1. The van der Waals surface area contributed by atoms with Crippen LogP contribution in [-0.2, 0) is 4.74 Å². The average molecular weight is 437 g/mol. The molecule has 0 aliphatic carbocycles. The fourth-order valence-corrected chi connectivity index (χ4v) is 4.89. The summed E-state index contributed by atoms with van der Waals surface area (Å²) in [7, 11) is 0. The second-order valence-corrected chi connectivity index (χ2v) is 9.03. The van der Waals surface area contributed by atoms with Gasteiger partial charge in [0.15, 0.2) is 0 Å². The monoisotopic (exact) mass is 436 g/mol. The quantitative estimate of drug-likeness (QED) is 0.542. The van der Waals surface area contributed by atoms with Crippen LogP contribution in [0.2, 0.25) is 0 Å². The predicted octanol–water partition coefficient (Wildman–Crippen LogP) is 4.84. The van der Waals surface area contributed by atoms with Crippen molar-refractivity contribution in [2.75, 3.05) is 43.9 Å². The Bertz CT molecular complexity index is 1090. The molecule has 1 amide bonds. The minimum absolute atomic E-state index is 0.0240. The molecule has 0 spiro atoms. The minimum atomic E-state index is -0.299. The Morgan fingerprint density at radius 1 is 1.10 bits per heavy atom. The first-order chi connectivity index (χ1) is 15.0. The van der Waals surface area contributed by atoms with Crippen LogP contribution in [0, 0.1) is 13.8 Å². The number of fused-ring (bicyclic) bond motifs is 1. The first-order valence-corrected chi connectivity index (χ1v) is 11.6. The molecule has 0 atom stereocenters. The van der Waals surface area contributed by atoms with Crippen molar-refractivity contribution in [2.24, 2.45) is 0 Å². The van der Waals surface area contributed by atoms with Crippen LogP contribution in [0.4, 0.5) is 5.69 Å². The van der Waals surface area contributed by atoms with Gasteiger partial charge in [0.25, 0.3) is 5.91 Å². The number of hydrogen-bond acceptors (Lipinski definition) is 5. The fraction of sp³-hybridized carbons (Fsp3) is 0.320. The summed E-state index contributed by atoms with van der Waals surface area (Å²) in [5, 5.41) is 15.5. The van der Waals surface area contributed by atoms with Gasteiger partial charge >= 0.3 is 0 Å². The largest absolute Gasteiger partial charge is 0.506 e. The van der Waals surface area contributed by atoms with Crippen molar-refractivity contribution >= 4 is 34.1 Å². The second kappa shape index (κ2) is 9.73. The first kappa shape index (κ1) is 21.7. The molecule has 1 fully saturated rings. The maximum absolute atomic E-state index is 13.1. The Balaban J connectivity index is 1.60. The number of rotatable bonds is 6. The summed E-state index contributed by atoms with van der Waals surface area (Å²) in [6.45, 7) is 8.41. The lowest BCUT2D eigenvalue weighted by Gasteiger charge is -2.26. The molecule has 5 nitrogen and oxygen atoms in total. The summed E-state index contributed by atoms with van der Waals surface area (Å²) in [5.74, 6) is 0.634. The van der Waals surface area contributed by atoms with Crippen LogP contribution in [0.25, 0.3) is 10.8 Å². The van der Waals surface area contributed by atoms with Gasteiger partial charge in [-0.25, -0.2) is 0 Å². The van der Waals surface area contributed by atoms with Gasteiger partial charge in [-0.15, -0.1) is 11.8 Å². The fourth-order valence-electron chi connectivity index (χ4n) is 3.79. The Kier molecular flexibility index (Phi) is 6.80. The number of aromatic hydroxyl groups is 1. The van der Waals surface area contributed by atoms with Crippen molar-refractivity contribution in [1.29, 1.82) is 0 Å². The average Bonchev–Trinajstić information content (AvgIpc) is 2.78. The first-order valence-electron chi connectivity index (χ1n) is 10.6. The normalized spacial score (nSPS) is 14.6. The molecular formula is C25H28N2O3S. The molecule has 162 valence electrons. The third-order valence-corrected chi connectivity index (χ3v) is 6.67. The van der Waals surface area contributed by atoms with Crippen LogP contribution >= 0.6 is 11.8 Å². The molecule has 31 heavy (non-hydrogen) atoms. The summed E-state index contributed by atoms with van der Waals surface area (Å²) >= 11 is 1.72. The lowest BCUT2D eigenvalue weighted by Crippen LogP contribution is -2.37. The Morgan fingerprint density at radius 2 is 1.84 bits per heavy atom. The second-order valence-electron chi connectivity index (χ2n) is 7.89. The number of phenolic OH excluding ortho intramolecular Hbond substituents is 1. The van der Waals surface area contributed by atoms with Gasteiger partial charge in [-0.05, 0) is 42.5 Å². The molecule has 0 aromatic heterocycles. The number of aryl methyl sites for hydroxylation is 2. The van der Waals surface area contributed by atoms with Crippen LogP contribution in [0.3, 0.4) is 0 Å². The van der Waals surface area contributed by atoms with E-state index in [9.17, 15) is 9.90 Å². The minimum Gasteiger partial charge on any atom is -0.506 e. The molecule has 1 heterocycles. The molecule has 0 unspecified atom stereocenters. The van der Waals surface area contributed by atoms with Gasteiger partial charge in [0.2, 0.25) is 0 Å². The van der Waals surface area contributed by atoms with Gasteiger partial charge < -0.3 is 15.2 Å². The third kappa shape index (κ3) is 5.03. The predicted molar refractivity (Wildman–Crippen MR) is 127 cm³/mol. The highest BCUT2D eigenvalue weighted by Crippen LogP contribution is 2.37. The number of benzene rings is 3. The summed E-state index contributed by atoms with van der Waals surface area (Å²) in [6.07, 6.45) is 0. The van der Waals surface area contributed by atoms with Gasteiger partial charge in [0.1, 0.15) is 5.75 Å². The van der Waals surface area contributed by atoms with Gasteiger partial charge in [0.05, 0.1) is 18.8 Å². The molecule has 4 rings (SSSR count). The summed E-state index contributed by atoms with van der Waals surface area (Å²) < 4.78 is 5.42. The van der Waals surface area contributed by atoms with Crippen molar-refractivity contribution in [1.82, 2.24) is 4.90 Å². The van der Waals surface area contributed by atoms with Crippen molar-refractivity contribution in [3.8, 4) is 5.75 Å². The Hall–Kier alpha value is -2.54. The number of phenols is 1. The zero-order valence-electron chi connectivity index (χ0n) is 18.0. The van der Waals surface area contributed by atoms with Crippen LogP contribution in [-0.4, -0.2) is 54.5 Å². The van der Waals surface area contributed by atoms with Crippen molar-refractivity contribution in [3.63, 3.8) is 0 Å². The zero-order valence-corrected chi connectivity index (χ0v) is 18.8. The van der Waals surface area contributed by atoms with E-state index in [1.165, 1.54) is 0 Å². The van der Waals surface area contributed by atoms with Crippen molar-refractivity contribution in [2.45, 2.75) is 18.7 Å². The van der Waals surface area contributed by atoms with Gasteiger partial charge in [-0.3, -0.25) is 9.69 Å². The Labute approximate surface area is 187 Å². The van der Waals surface area contributed by atoms with Crippen LogP contribution in [0.1, 0.15) is 21.5 Å². The standard InChI is InChI=1S/C25H28N2O3S/c1-17-7-8-18(2)22(15-17)26-25(29)21-16-23(19-5-3-4-6-20(19)24(21)28)31-14-11-27-9-12-30-13-10-27/h3-8,15-16,28H,9-14H2,1-2H3,(H,26,29). The highest BCUT2D eigenvalue weighted by molar-refractivity contribution is 7.99. The van der Waals surface area contributed by atoms with E-state index in [0.29, 0.717) is 10.9 Å². The van der Waals surface area contributed by atoms with Crippen LogP contribution in [0.5, 0.6) is 5.75 Å². The van der Waals surface area contributed by atoms with Crippen LogP contribution < -0.4 is 5.32 Å². The molecule has 0 saturated carbocycles. The molecule has 0 radical (unpaired) electrons.